The summed E-state index contributed by atoms with van der Waals surface area (Å²) in [5.41, 5.74) is 0.740. The third-order valence-corrected chi connectivity index (χ3v) is 5.78. The molecule has 1 fully saturated rings. The first-order valence-corrected chi connectivity index (χ1v) is 8.67. The lowest BCUT2D eigenvalue weighted by molar-refractivity contribution is 0.384. The standard InChI is InChI=1S/C16H16F2N2O2S/c17-13-4-6-16(7-5-13)23(21,22)20-10-8-19(9-11-20)15-3-1-2-14(18)12-15/h1-7,12H,8-11H2. The monoisotopic (exact) mass is 338 g/mol. The third-order valence-electron chi connectivity index (χ3n) is 3.86. The maximum Gasteiger partial charge on any atom is 0.243 e. The zero-order valence-corrected chi connectivity index (χ0v) is 13.1. The van der Waals surface area contributed by atoms with Crippen LogP contribution in [0.2, 0.25) is 0 Å². The van der Waals surface area contributed by atoms with Crippen LogP contribution < -0.4 is 4.90 Å². The number of benzene rings is 2. The number of halogens is 2. The van der Waals surface area contributed by atoms with Crippen molar-refractivity contribution in [3.63, 3.8) is 0 Å². The van der Waals surface area contributed by atoms with Crippen molar-refractivity contribution in [1.29, 1.82) is 0 Å². The molecule has 0 aliphatic carbocycles. The van der Waals surface area contributed by atoms with Gasteiger partial charge in [-0.25, -0.2) is 17.2 Å². The Morgan fingerprint density at radius 1 is 0.826 bits per heavy atom. The van der Waals surface area contributed by atoms with Gasteiger partial charge in [0.05, 0.1) is 4.90 Å². The van der Waals surface area contributed by atoms with E-state index in [2.05, 4.69) is 0 Å². The summed E-state index contributed by atoms with van der Waals surface area (Å²) in [6.45, 7) is 1.56. The fourth-order valence-electron chi connectivity index (χ4n) is 2.62. The Bertz CT molecular complexity index is 786. The molecule has 3 rings (SSSR count). The minimum Gasteiger partial charge on any atom is -0.369 e. The summed E-state index contributed by atoms with van der Waals surface area (Å²) in [7, 11) is -3.63. The second-order valence-corrected chi connectivity index (χ2v) is 7.26. The average Bonchev–Trinajstić information content (AvgIpc) is 2.55. The largest absolute Gasteiger partial charge is 0.369 e. The summed E-state index contributed by atoms with van der Waals surface area (Å²) in [5, 5.41) is 0. The molecule has 0 radical (unpaired) electrons. The van der Waals surface area contributed by atoms with E-state index in [0.29, 0.717) is 26.2 Å². The van der Waals surface area contributed by atoms with Crippen LogP contribution in [0.3, 0.4) is 0 Å². The highest BCUT2D eigenvalue weighted by atomic mass is 32.2. The Hall–Kier alpha value is -1.99. The topological polar surface area (TPSA) is 40.6 Å². The number of piperazine rings is 1. The van der Waals surface area contributed by atoms with E-state index in [9.17, 15) is 17.2 Å². The highest BCUT2D eigenvalue weighted by molar-refractivity contribution is 7.89. The summed E-state index contributed by atoms with van der Waals surface area (Å²) in [6, 6.07) is 11.0. The number of rotatable bonds is 3. The number of sulfonamides is 1. The molecule has 0 atom stereocenters. The zero-order valence-electron chi connectivity index (χ0n) is 12.3. The van der Waals surface area contributed by atoms with Gasteiger partial charge in [-0.15, -0.1) is 0 Å². The van der Waals surface area contributed by atoms with Gasteiger partial charge in [0.1, 0.15) is 11.6 Å². The van der Waals surface area contributed by atoms with Crippen molar-refractivity contribution >= 4 is 15.7 Å². The van der Waals surface area contributed by atoms with E-state index in [4.69, 9.17) is 0 Å². The quantitative estimate of drug-likeness (QED) is 0.863. The molecule has 0 saturated carbocycles. The number of hydrogen-bond acceptors (Lipinski definition) is 3. The van der Waals surface area contributed by atoms with Crippen molar-refractivity contribution in [3.05, 3.63) is 60.2 Å². The second-order valence-electron chi connectivity index (χ2n) is 5.32. The van der Waals surface area contributed by atoms with Crippen molar-refractivity contribution in [2.24, 2.45) is 0 Å². The molecule has 2 aromatic rings. The molecule has 23 heavy (non-hydrogen) atoms. The van der Waals surface area contributed by atoms with E-state index in [0.717, 1.165) is 17.8 Å². The summed E-state index contributed by atoms with van der Waals surface area (Å²) in [4.78, 5) is 2.03. The molecule has 0 amide bonds. The second kappa shape index (κ2) is 6.25. The van der Waals surface area contributed by atoms with Crippen molar-refractivity contribution in [3.8, 4) is 0 Å². The highest BCUT2D eigenvalue weighted by Gasteiger charge is 2.28. The molecule has 2 aromatic carbocycles. The van der Waals surface area contributed by atoms with E-state index in [-0.39, 0.29) is 10.7 Å². The van der Waals surface area contributed by atoms with Gasteiger partial charge in [-0.2, -0.15) is 4.31 Å². The summed E-state index contributed by atoms with van der Waals surface area (Å²) >= 11 is 0. The van der Waals surface area contributed by atoms with Crippen molar-refractivity contribution in [1.82, 2.24) is 4.31 Å². The molecular weight excluding hydrogens is 322 g/mol. The average molecular weight is 338 g/mol. The molecule has 1 saturated heterocycles. The maximum atomic E-state index is 13.3. The van der Waals surface area contributed by atoms with Gasteiger partial charge in [-0.05, 0) is 42.5 Å². The van der Waals surface area contributed by atoms with Gasteiger partial charge in [-0.1, -0.05) is 6.07 Å². The first kappa shape index (κ1) is 15.9. The molecule has 1 aliphatic heterocycles. The van der Waals surface area contributed by atoms with Crippen LogP contribution >= 0.6 is 0 Å². The van der Waals surface area contributed by atoms with Gasteiger partial charge in [0.15, 0.2) is 0 Å². The molecule has 1 heterocycles. The Kier molecular flexibility index (Phi) is 4.32. The normalized spacial score (nSPS) is 16.5. The van der Waals surface area contributed by atoms with E-state index in [1.807, 2.05) is 4.90 Å². The molecule has 0 unspecified atom stereocenters. The van der Waals surface area contributed by atoms with Crippen molar-refractivity contribution < 1.29 is 17.2 Å². The molecule has 7 heteroatoms. The van der Waals surface area contributed by atoms with E-state index >= 15 is 0 Å². The highest BCUT2D eigenvalue weighted by Crippen LogP contribution is 2.21. The first-order valence-electron chi connectivity index (χ1n) is 7.23. The fourth-order valence-corrected chi connectivity index (χ4v) is 4.04. The zero-order chi connectivity index (χ0) is 16.4. The summed E-state index contributed by atoms with van der Waals surface area (Å²) in [5.74, 6) is -0.788. The molecule has 122 valence electrons. The molecule has 0 aromatic heterocycles. The lowest BCUT2D eigenvalue weighted by Crippen LogP contribution is -2.48. The van der Waals surface area contributed by atoms with Gasteiger partial charge in [0, 0.05) is 31.9 Å². The lowest BCUT2D eigenvalue weighted by Gasteiger charge is -2.35. The maximum absolute atomic E-state index is 13.3. The summed E-state index contributed by atoms with van der Waals surface area (Å²) < 4.78 is 52.6. The Morgan fingerprint density at radius 2 is 1.48 bits per heavy atom. The Labute approximate surface area is 134 Å². The van der Waals surface area contributed by atoms with Crippen LogP contribution in [-0.4, -0.2) is 38.9 Å². The van der Waals surface area contributed by atoms with Crippen molar-refractivity contribution in [2.45, 2.75) is 4.90 Å². The van der Waals surface area contributed by atoms with Crippen LogP contribution in [0.1, 0.15) is 0 Å². The van der Waals surface area contributed by atoms with E-state index in [1.165, 1.54) is 28.6 Å². The Balaban J connectivity index is 1.72. The van der Waals surface area contributed by atoms with Crippen LogP contribution in [0.15, 0.2) is 53.4 Å². The molecule has 0 N–H and O–H groups in total. The predicted molar refractivity (Wildman–Crippen MR) is 83.8 cm³/mol. The van der Waals surface area contributed by atoms with Crippen molar-refractivity contribution in [2.75, 3.05) is 31.1 Å². The fraction of sp³-hybridized carbons (Fsp3) is 0.250. The lowest BCUT2D eigenvalue weighted by atomic mass is 10.2. The van der Waals surface area contributed by atoms with Crippen LogP contribution in [0, 0.1) is 11.6 Å². The van der Waals surface area contributed by atoms with Crippen LogP contribution in [0.4, 0.5) is 14.5 Å². The van der Waals surface area contributed by atoms with Gasteiger partial charge >= 0.3 is 0 Å². The van der Waals surface area contributed by atoms with Gasteiger partial charge in [0.25, 0.3) is 0 Å². The third kappa shape index (κ3) is 3.35. The SMILES string of the molecule is O=S(=O)(c1ccc(F)cc1)N1CCN(c2cccc(F)c2)CC1. The minimum atomic E-state index is -3.63. The number of hydrogen-bond donors (Lipinski definition) is 0. The first-order chi connectivity index (χ1) is 11.0. The summed E-state index contributed by atoms with van der Waals surface area (Å²) in [6.07, 6.45) is 0. The Morgan fingerprint density at radius 3 is 2.09 bits per heavy atom. The smallest absolute Gasteiger partial charge is 0.243 e. The molecular formula is C16H16F2N2O2S. The van der Waals surface area contributed by atoms with Crippen LogP contribution in [0.25, 0.3) is 0 Å². The van der Waals surface area contributed by atoms with Gasteiger partial charge < -0.3 is 4.90 Å². The molecule has 0 bridgehead atoms. The molecule has 1 aliphatic rings. The van der Waals surface area contributed by atoms with E-state index in [1.54, 1.807) is 12.1 Å². The number of anilines is 1. The van der Waals surface area contributed by atoms with Gasteiger partial charge in [0.2, 0.25) is 10.0 Å². The molecule has 0 spiro atoms. The molecule has 4 nitrogen and oxygen atoms in total. The van der Waals surface area contributed by atoms with Gasteiger partial charge in [-0.3, -0.25) is 0 Å². The van der Waals surface area contributed by atoms with E-state index < -0.39 is 15.8 Å². The van der Waals surface area contributed by atoms with Crippen LogP contribution in [0.5, 0.6) is 0 Å². The predicted octanol–water partition coefficient (Wildman–Crippen LogP) is 2.48. The minimum absolute atomic E-state index is 0.0816. The number of nitrogens with zero attached hydrogens (tertiary/aromatic N) is 2. The van der Waals surface area contributed by atoms with Crippen LogP contribution in [-0.2, 0) is 10.0 Å².